The number of benzene rings is 2. The summed E-state index contributed by atoms with van der Waals surface area (Å²) in [5.41, 5.74) is 2.52. The van der Waals surface area contributed by atoms with Crippen molar-refractivity contribution in [2.24, 2.45) is 0 Å². The Morgan fingerprint density at radius 3 is 2.67 bits per heavy atom. The Bertz CT molecular complexity index is 895. The van der Waals surface area contributed by atoms with Crippen LogP contribution in [0.15, 0.2) is 66.7 Å². The second-order valence-electron chi connectivity index (χ2n) is 5.11. The van der Waals surface area contributed by atoms with Crippen molar-refractivity contribution in [3.05, 3.63) is 78.0 Å². The van der Waals surface area contributed by atoms with Gasteiger partial charge in [0.1, 0.15) is 12.3 Å². The number of nitrogens with zero attached hydrogens (tertiary/aromatic N) is 1. The molecule has 0 saturated heterocycles. The van der Waals surface area contributed by atoms with Crippen LogP contribution in [0.5, 0.6) is 0 Å². The summed E-state index contributed by atoms with van der Waals surface area (Å²) >= 11 is 0. The first-order chi connectivity index (χ1) is 11.8. The average Bonchev–Trinajstić information content (AvgIpc) is 2.64. The second-order valence-corrected chi connectivity index (χ2v) is 5.11. The molecule has 0 radical (unpaired) electrons. The van der Waals surface area contributed by atoms with E-state index in [4.69, 9.17) is 4.74 Å². The van der Waals surface area contributed by atoms with Crippen molar-refractivity contribution in [2.75, 3.05) is 6.54 Å². The lowest BCUT2D eigenvalue weighted by atomic mass is 10.2. The predicted octanol–water partition coefficient (Wildman–Crippen LogP) is 3.51. The third kappa shape index (κ3) is 4.34. The van der Waals surface area contributed by atoms with E-state index in [0.717, 1.165) is 16.5 Å². The summed E-state index contributed by atoms with van der Waals surface area (Å²) in [4.78, 5) is 16.0. The van der Waals surface area contributed by atoms with Crippen LogP contribution in [-0.4, -0.2) is 17.6 Å². The van der Waals surface area contributed by atoms with Gasteiger partial charge in [-0.05, 0) is 23.6 Å². The molecular formula is C20H16N2O2. The molecule has 3 aromatic rings. The number of para-hydroxylation sites is 1. The maximum Gasteiger partial charge on any atom is 0.408 e. The quantitative estimate of drug-likeness (QED) is 0.752. The molecule has 0 aliphatic carbocycles. The van der Waals surface area contributed by atoms with E-state index in [-0.39, 0.29) is 13.2 Å². The van der Waals surface area contributed by atoms with E-state index in [1.54, 1.807) is 0 Å². The van der Waals surface area contributed by atoms with Crippen molar-refractivity contribution in [1.29, 1.82) is 0 Å². The van der Waals surface area contributed by atoms with Crippen LogP contribution in [0.2, 0.25) is 0 Å². The number of fused-ring (bicyclic) bond motifs is 1. The van der Waals surface area contributed by atoms with Gasteiger partial charge in [-0.15, -0.1) is 0 Å². The van der Waals surface area contributed by atoms with Gasteiger partial charge in [-0.2, -0.15) is 0 Å². The number of pyridine rings is 1. The fourth-order valence-corrected chi connectivity index (χ4v) is 2.16. The molecule has 0 atom stereocenters. The topological polar surface area (TPSA) is 51.2 Å². The average molecular weight is 316 g/mol. The van der Waals surface area contributed by atoms with Crippen LogP contribution in [0.1, 0.15) is 11.3 Å². The SMILES string of the molecule is O=C(NCC#Cc1ccc2ccccc2n1)OCc1ccccc1. The molecule has 1 heterocycles. The van der Waals surface area contributed by atoms with Gasteiger partial charge in [-0.1, -0.05) is 60.5 Å². The number of carbonyl (C=O) groups is 1. The fourth-order valence-electron chi connectivity index (χ4n) is 2.16. The fraction of sp³-hybridized carbons (Fsp3) is 0.100. The van der Waals surface area contributed by atoms with Crippen LogP contribution in [0.25, 0.3) is 10.9 Å². The summed E-state index contributed by atoms with van der Waals surface area (Å²) in [5.74, 6) is 5.81. The van der Waals surface area contributed by atoms with Gasteiger partial charge in [0.25, 0.3) is 0 Å². The van der Waals surface area contributed by atoms with Crippen LogP contribution >= 0.6 is 0 Å². The molecule has 0 unspecified atom stereocenters. The van der Waals surface area contributed by atoms with E-state index < -0.39 is 6.09 Å². The highest BCUT2D eigenvalue weighted by Gasteiger charge is 2.00. The van der Waals surface area contributed by atoms with E-state index >= 15 is 0 Å². The molecule has 1 N–H and O–H groups in total. The smallest absolute Gasteiger partial charge is 0.408 e. The zero-order valence-corrected chi connectivity index (χ0v) is 13.0. The number of amides is 1. The lowest BCUT2D eigenvalue weighted by Gasteiger charge is -2.04. The van der Waals surface area contributed by atoms with Gasteiger partial charge in [-0.25, -0.2) is 9.78 Å². The van der Waals surface area contributed by atoms with E-state index in [9.17, 15) is 4.79 Å². The molecule has 0 fully saturated rings. The number of alkyl carbamates (subject to hydrolysis) is 1. The van der Waals surface area contributed by atoms with Crippen molar-refractivity contribution >= 4 is 17.0 Å². The van der Waals surface area contributed by atoms with Crippen LogP contribution < -0.4 is 5.32 Å². The van der Waals surface area contributed by atoms with Gasteiger partial charge in [0.2, 0.25) is 0 Å². The van der Waals surface area contributed by atoms with Gasteiger partial charge < -0.3 is 10.1 Å². The van der Waals surface area contributed by atoms with Gasteiger partial charge >= 0.3 is 6.09 Å². The number of rotatable bonds is 3. The van der Waals surface area contributed by atoms with E-state index in [1.807, 2.05) is 66.7 Å². The number of carbonyl (C=O) groups excluding carboxylic acids is 1. The first-order valence-electron chi connectivity index (χ1n) is 7.60. The van der Waals surface area contributed by atoms with Gasteiger partial charge in [0.15, 0.2) is 0 Å². The Labute approximate surface area is 140 Å². The van der Waals surface area contributed by atoms with Crippen molar-refractivity contribution in [2.45, 2.75) is 6.61 Å². The number of aromatic nitrogens is 1. The standard InChI is InChI=1S/C20H16N2O2/c23-20(24-15-16-7-2-1-3-8-16)21-14-6-10-18-13-12-17-9-4-5-11-19(17)22-18/h1-5,7-9,11-13H,14-15H2,(H,21,23). The van der Waals surface area contributed by atoms with E-state index in [0.29, 0.717) is 5.69 Å². The van der Waals surface area contributed by atoms with E-state index in [1.165, 1.54) is 0 Å². The molecule has 0 aliphatic rings. The van der Waals surface area contributed by atoms with Crippen LogP contribution in [0.4, 0.5) is 4.79 Å². The molecule has 2 aromatic carbocycles. The highest BCUT2D eigenvalue weighted by molar-refractivity contribution is 5.78. The summed E-state index contributed by atoms with van der Waals surface area (Å²) in [6, 6.07) is 21.2. The Morgan fingerprint density at radius 2 is 1.79 bits per heavy atom. The Balaban J connectivity index is 1.49. The van der Waals surface area contributed by atoms with Gasteiger partial charge in [-0.3, -0.25) is 0 Å². The molecule has 4 heteroatoms. The molecular weight excluding hydrogens is 300 g/mol. The molecule has 3 rings (SSSR count). The molecule has 4 nitrogen and oxygen atoms in total. The number of nitrogens with one attached hydrogen (secondary N) is 1. The molecule has 1 amide bonds. The highest BCUT2D eigenvalue weighted by Crippen LogP contribution is 2.10. The van der Waals surface area contributed by atoms with Crippen molar-refractivity contribution < 1.29 is 9.53 Å². The lowest BCUT2D eigenvalue weighted by molar-refractivity contribution is 0.141. The van der Waals surface area contributed by atoms with Crippen molar-refractivity contribution in [3.8, 4) is 11.8 Å². The summed E-state index contributed by atoms with van der Waals surface area (Å²) < 4.78 is 5.10. The first kappa shape index (κ1) is 15.6. The Morgan fingerprint density at radius 1 is 1.00 bits per heavy atom. The molecule has 118 valence electrons. The maximum absolute atomic E-state index is 11.6. The third-order valence-corrected chi connectivity index (χ3v) is 3.35. The zero-order valence-electron chi connectivity index (χ0n) is 13.0. The number of ether oxygens (including phenoxy) is 1. The van der Waals surface area contributed by atoms with E-state index in [2.05, 4.69) is 22.1 Å². The summed E-state index contributed by atoms with van der Waals surface area (Å²) in [7, 11) is 0. The van der Waals surface area contributed by atoms with Crippen LogP contribution in [0, 0.1) is 11.8 Å². The van der Waals surface area contributed by atoms with Crippen molar-refractivity contribution in [3.63, 3.8) is 0 Å². The van der Waals surface area contributed by atoms with Crippen LogP contribution in [-0.2, 0) is 11.3 Å². The second kappa shape index (κ2) is 7.80. The third-order valence-electron chi connectivity index (χ3n) is 3.35. The molecule has 0 aliphatic heterocycles. The first-order valence-corrected chi connectivity index (χ1v) is 7.60. The largest absolute Gasteiger partial charge is 0.445 e. The summed E-state index contributed by atoms with van der Waals surface area (Å²) in [6.07, 6.45) is -0.486. The molecule has 0 bridgehead atoms. The zero-order chi connectivity index (χ0) is 16.6. The normalized spacial score (nSPS) is 9.83. The molecule has 0 spiro atoms. The Hall–Kier alpha value is -3.32. The molecule has 1 aromatic heterocycles. The highest BCUT2D eigenvalue weighted by atomic mass is 16.5. The van der Waals surface area contributed by atoms with Gasteiger partial charge in [0.05, 0.1) is 12.1 Å². The van der Waals surface area contributed by atoms with Crippen LogP contribution in [0.3, 0.4) is 0 Å². The minimum Gasteiger partial charge on any atom is -0.445 e. The lowest BCUT2D eigenvalue weighted by Crippen LogP contribution is -2.24. The summed E-state index contributed by atoms with van der Waals surface area (Å²) in [5, 5.41) is 3.67. The number of hydrogen-bond acceptors (Lipinski definition) is 3. The molecule has 24 heavy (non-hydrogen) atoms. The maximum atomic E-state index is 11.6. The predicted molar refractivity (Wildman–Crippen MR) is 93.3 cm³/mol. The van der Waals surface area contributed by atoms with Crippen molar-refractivity contribution in [1.82, 2.24) is 10.3 Å². The monoisotopic (exact) mass is 316 g/mol. The summed E-state index contributed by atoms with van der Waals surface area (Å²) in [6.45, 7) is 0.453. The minimum atomic E-state index is -0.486. The van der Waals surface area contributed by atoms with Gasteiger partial charge in [0, 0.05) is 5.39 Å². The molecule has 0 saturated carbocycles. The number of hydrogen-bond donors (Lipinski definition) is 1. The Kier molecular flexibility index (Phi) is 5.06. The minimum absolute atomic E-state index is 0.210.